The van der Waals surface area contributed by atoms with Crippen molar-refractivity contribution in [2.24, 2.45) is 0 Å². The average molecular weight is 340 g/mol. The molecule has 21 heavy (non-hydrogen) atoms. The number of aryl methyl sites for hydroxylation is 1. The van der Waals surface area contributed by atoms with E-state index in [2.05, 4.69) is 15.6 Å². The van der Waals surface area contributed by atoms with Crippen LogP contribution in [0.3, 0.4) is 0 Å². The average Bonchev–Trinajstić information content (AvgIpc) is 2.40. The number of thiocarbonyl (C=S) groups is 1. The summed E-state index contributed by atoms with van der Waals surface area (Å²) in [5.41, 5.74) is 2.11. The molecule has 2 aromatic rings. The molecule has 0 unspecified atom stereocenters. The number of pyridine rings is 1. The van der Waals surface area contributed by atoms with E-state index in [0.717, 1.165) is 23.4 Å². The lowest BCUT2D eigenvalue weighted by Crippen LogP contribution is -2.30. The van der Waals surface area contributed by atoms with Crippen LogP contribution in [-0.4, -0.2) is 16.6 Å². The number of nitrogens with zero attached hydrogens (tertiary/aromatic N) is 1. The second-order valence-corrected chi connectivity index (χ2v) is 5.86. The summed E-state index contributed by atoms with van der Waals surface area (Å²) in [5.74, 6) is 0.765. The van der Waals surface area contributed by atoms with Crippen molar-refractivity contribution in [2.75, 3.05) is 11.9 Å². The van der Waals surface area contributed by atoms with Gasteiger partial charge in [-0.05, 0) is 61.0 Å². The third kappa shape index (κ3) is 5.16. The van der Waals surface area contributed by atoms with Crippen LogP contribution in [0.5, 0.6) is 0 Å². The third-order valence-electron chi connectivity index (χ3n) is 2.86. The molecule has 0 bridgehead atoms. The molecule has 0 aliphatic rings. The molecule has 1 aromatic carbocycles. The van der Waals surface area contributed by atoms with Gasteiger partial charge in [0.1, 0.15) is 5.82 Å². The number of nitrogens with one attached hydrogen (secondary N) is 2. The number of hydrogen-bond acceptors (Lipinski definition) is 2. The molecule has 0 spiro atoms. The number of anilines is 1. The zero-order valence-electron chi connectivity index (χ0n) is 11.5. The van der Waals surface area contributed by atoms with E-state index in [0.29, 0.717) is 21.7 Å². The summed E-state index contributed by atoms with van der Waals surface area (Å²) in [5, 5.41) is 8.04. The van der Waals surface area contributed by atoms with Gasteiger partial charge in [-0.15, -0.1) is 0 Å². The highest BCUT2D eigenvalue weighted by Gasteiger charge is 2.02. The van der Waals surface area contributed by atoms with Crippen molar-refractivity contribution in [3.8, 4) is 0 Å². The summed E-state index contributed by atoms with van der Waals surface area (Å²) in [7, 11) is 0. The van der Waals surface area contributed by atoms with Crippen molar-refractivity contribution in [1.82, 2.24) is 10.3 Å². The quantitative estimate of drug-likeness (QED) is 0.817. The second kappa shape index (κ2) is 7.59. The van der Waals surface area contributed by atoms with Gasteiger partial charge in [0.25, 0.3) is 0 Å². The Morgan fingerprint density at radius 3 is 2.62 bits per heavy atom. The Hall–Kier alpha value is -1.36. The molecule has 110 valence electrons. The van der Waals surface area contributed by atoms with E-state index in [9.17, 15) is 0 Å². The van der Waals surface area contributed by atoms with Crippen LogP contribution in [0.15, 0.2) is 36.5 Å². The number of rotatable bonds is 4. The highest BCUT2D eigenvalue weighted by molar-refractivity contribution is 7.80. The minimum atomic E-state index is 0.546. The monoisotopic (exact) mass is 339 g/mol. The first-order valence-electron chi connectivity index (χ1n) is 6.46. The van der Waals surface area contributed by atoms with Crippen molar-refractivity contribution in [3.63, 3.8) is 0 Å². The highest BCUT2D eigenvalue weighted by Crippen LogP contribution is 2.19. The van der Waals surface area contributed by atoms with Gasteiger partial charge >= 0.3 is 0 Å². The smallest absolute Gasteiger partial charge is 0.171 e. The topological polar surface area (TPSA) is 37.0 Å². The molecule has 2 rings (SSSR count). The first-order chi connectivity index (χ1) is 10.0. The Kier molecular flexibility index (Phi) is 5.79. The molecule has 0 saturated heterocycles. The molecule has 6 heteroatoms. The van der Waals surface area contributed by atoms with Crippen LogP contribution in [0.2, 0.25) is 10.0 Å². The Morgan fingerprint density at radius 2 is 1.95 bits per heavy atom. The number of benzene rings is 1. The molecule has 0 aliphatic heterocycles. The van der Waals surface area contributed by atoms with Crippen LogP contribution in [0.25, 0.3) is 0 Å². The Balaban J connectivity index is 1.83. The van der Waals surface area contributed by atoms with E-state index in [-0.39, 0.29) is 0 Å². The summed E-state index contributed by atoms with van der Waals surface area (Å²) in [6.45, 7) is 2.67. The lowest BCUT2D eigenvalue weighted by molar-refractivity contribution is 0.873. The van der Waals surface area contributed by atoms with Crippen LogP contribution >= 0.6 is 35.4 Å². The van der Waals surface area contributed by atoms with E-state index in [1.165, 1.54) is 0 Å². The standard InChI is InChI=1S/C15H15Cl2N3S/c1-10-3-2-5-18-14(10)20-15(21)19-6-4-11-7-12(16)9-13(17)8-11/h2-3,5,7-9H,4,6H2,1H3,(H2,18,19,20,21). The van der Waals surface area contributed by atoms with E-state index in [4.69, 9.17) is 35.4 Å². The number of hydrogen-bond donors (Lipinski definition) is 2. The summed E-state index contributed by atoms with van der Waals surface area (Å²) in [6, 6.07) is 9.38. The van der Waals surface area contributed by atoms with Crippen LogP contribution in [-0.2, 0) is 6.42 Å². The number of halogens is 2. The zero-order chi connectivity index (χ0) is 15.2. The minimum Gasteiger partial charge on any atom is -0.362 e. The first kappa shape index (κ1) is 16.0. The second-order valence-electron chi connectivity index (χ2n) is 4.58. The van der Waals surface area contributed by atoms with Gasteiger partial charge in [-0.3, -0.25) is 0 Å². The Morgan fingerprint density at radius 1 is 1.24 bits per heavy atom. The summed E-state index contributed by atoms with van der Waals surface area (Å²) in [6.07, 6.45) is 2.51. The largest absolute Gasteiger partial charge is 0.362 e. The van der Waals surface area contributed by atoms with Crippen molar-refractivity contribution in [3.05, 3.63) is 57.7 Å². The fourth-order valence-electron chi connectivity index (χ4n) is 1.84. The van der Waals surface area contributed by atoms with E-state index in [1.807, 2.05) is 31.2 Å². The molecule has 1 aromatic heterocycles. The van der Waals surface area contributed by atoms with Crippen LogP contribution in [0.4, 0.5) is 5.82 Å². The highest BCUT2D eigenvalue weighted by atomic mass is 35.5. The van der Waals surface area contributed by atoms with Crippen molar-refractivity contribution < 1.29 is 0 Å². The van der Waals surface area contributed by atoms with Gasteiger partial charge < -0.3 is 10.6 Å². The van der Waals surface area contributed by atoms with Gasteiger partial charge in [0.15, 0.2) is 5.11 Å². The van der Waals surface area contributed by atoms with Crippen LogP contribution < -0.4 is 10.6 Å². The van der Waals surface area contributed by atoms with Gasteiger partial charge in [0.05, 0.1) is 0 Å². The summed E-state index contributed by atoms with van der Waals surface area (Å²) >= 11 is 17.2. The van der Waals surface area contributed by atoms with Gasteiger partial charge in [-0.25, -0.2) is 4.98 Å². The SMILES string of the molecule is Cc1cccnc1NC(=S)NCCc1cc(Cl)cc(Cl)c1. The van der Waals surface area contributed by atoms with Crippen molar-refractivity contribution in [1.29, 1.82) is 0 Å². The normalized spacial score (nSPS) is 10.2. The maximum Gasteiger partial charge on any atom is 0.171 e. The summed E-state index contributed by atoms with van der Waals surface area (Å²) < 4.78 is 0. The molecule has 0 atom stereocenters. The van der Waals surface area contributed by atoms with Crippen LogP contribution in [0.1, 0.15) is 11.1 Å². The van der Waals surface area contributed by atoms with Gasteiger partial charge in [0.2, 0.25) is 0 Å². The Bertz CT molecular complexity index is 626. The maximum absolute atomic E-state index is 5.97. The zero-order valence-corrected chi connectivity index (χ0v) is 13.8. The first-order valence-corrected chi connectivity index (χ1v) is 7.62. The fourth-order valence-corrected chi connectivity index (χ4v) is 2.61. The minimum absolute atomic E-state index is 0.546. The molecule has 0 saturated carbocycles. The van der Waals surface area contributed by atoms with E-state index >= 15 is 0 Å². The van der Waals surface area contributed by atoms with Crippen LogP contribution in [0, 0.1) is 6.92 Å². The maximum atomic E-state index is 5.97. The fraction of sp³-hybridized carbons (Fsp3) is 0.200. The molecule has 0 aliphatic carbocycles. The predicted octanol–water partition coefficient (Wildman–Crippen LogP) is 4.23. The molecule has 2 N–H and O–H groups in total. The molecular formula is C15H15Cl2N3S. The molecule has 0 fully saturated rings. The Labute approximate surface area is 139 Å². The van der Waals surface area contributed by atoms with Gasteiger partial charge in [-0.2, -0.15) is 0 Å². The molecule has 3 nitrogen and oxygen atoms in total. The van der Waals surface area contributed by atoms with Gasteiger partial charge in [0, 0.05) is 22.8 Å². The lowest BCUT2D eigenvalue weighted by atomic mass is 10.1. The molecular weight excluding hydrogens is 325 g/mol. The predicted molar refractivity (Wildman–Crippen MR) is 93.4 cm³/mol. The molecule has 0 radical (unpaired) electrons. The lowest BCUT2D eigenvalue weighted by Gasteiger charge is -2.11. The van der Waals surface area contributed by atoms with E-state index < -0.39 is 0 Å². The number of aromatic nitrogens is 1. The van der Waals surface area contributed by atoms with Crippen molar-refractivity contribution in [2.45, 2.75) is 13.3 Å². The molecule has 1 heterocycles. The van der Waals surface area contributed by atoms with E-state index in [1.54, 1.807) is 12.3 Å². The van der Waals surface area contributed by atoms with Gasteiger partial charge in [-0.1, -0.05) is 29.3 Å². The summed E-state index contributed by atoms with van der Waals surface area (Å²) in [4.78, 5) is 4.23. The third-order valence-corrected chi connectivity index (χ3v) is 3.55. The van der Waals surface area contributed by atoms with Crippen molar-refractivity contribution >= 4 is 46.4 Å². The molecule has 0 amide bonds.